The van der Waals surface area contributed by atoms with Gasteiger partial charge in [-0.2, -0.15) is 6.42 Å². The average molecular weight is 179 g/mol. The van der Waals surface area contributed by atoms with Crippen molar-refractivity contribution in [3.05, 3.63) is 6.92 Å². The van der Waals surface area contributed by atoms with E-state index in [1.165, 1.54) is 45.3 Å². The van der Waals surface area contributed by atoms with E-state index in [-0.39, 0.29) is 51.4 Å². The molecule has 0 radical (unpaired) electrons. The van der Waals surface area contributed by atoms with E-state index < -0.39 is 0 Å². The fraction of sp³-hybridized carbons (Fsp3) is 0.889. The van der Waals surface area contributed by atoms with Crippen LogP contribution >= 0.6 is 0 Å². The Morgan fingerprint density at radius 3 is 2.27 bits per heavy atom. The second-order valence-electron chi connectivity index (χ2n) is 3.11. The topological polar surface area (TPSA) is 3.24 Å². The first-order valence-electron chi connectivity index (χ1n) is 4.45. The van der Waals surface area contributed by atoms with E-state index in [0.29, 0.717) is 0 Å². The molecule has 0 amide bonds. The SMILES string of the molecule is [CH2-]CCCN1CCCCC1.[K+]. The molecule has 11 heavy (non-hydrogen) atoms. The molecule has 1 nitrogen and oxygen atoms in total. The van der Waals surface area contributed by atoms with E-state index in [0.717, 1.165) is 6.42 Å². The van der Waals surface area contributed by atoms with Crippen LogP contribution in [0, 0.1) is 6.92 Å². The van der Waals surface area contributed by atoms with Crippen molar-refractivity contribution >= 4 is 0 Å². The van der Waals surface area contributed by atoms with Gasteiger partial charge in [-0.1, -0.05) is 12.8 Å². The van der Waals surface area contributed by atoms with Crippen molar-refractivity contribution in [2.45, 2.75) is 32.1 Å². The van der Waals surface area contributed by atoms with Gasteiger partial charge in [0, 0.05) is 0 Å². The molecule has 0 N–H and O–H groups in total. The summed E-state index contributed by atoms with van der Waals surface area (Å²) in [5.74, 6) is 0. The van der Waals surface area contributed by atoms with Crippen LogP contribution in [0.5, 0.6) is 0 Å². The molecule has 1 heterocycles. The molecule has 0 bridgehead atoms. The zero-order valence-electron chi connectivity index (χ0n) is 7.81. The van der Waals surface area contributed by atoms with Crippen LogP contribution in [-0.4, -0.2) is 24.5 Å². The van der Waals surface area contributed by atoms with Gasteiger partial charge in [-0.3, -0.25) is 0 Å². The number of likely N-dealkylation sites (tertiary alicyclic amines) is 1. The van der Waals surface area contributed by atoms with E-state index in [1.807, 2.05) is 0 Å². The smallest absolute Gasteiger partial charge is 0.343 e. The molecule has 0 aromatic rings. The standard InChI is InChI=1S/C9H18N.K/c1-2-3-7-10-8-5-4-6-9-10;/h1-9H2;/q-1;+1. The van der Waals surface area contributed by atoms with Crippen molar-refractivity contribution in [2.24, 2.45) is 0 Å². The molecule has 1 fully saturated rings. The van der Waals surface area contributed by atoms with E-state index in [1.54, 1.807) is 0 Å². The average Bonchev–Trinajstić information content (AvgIpc) is 2.03. The van der Waals surface area contributed by atoms with Gasteiger partial charge in [-0.25, -0.2) is 0 Å². The Hall–Kier alpha value is 1.60. The van der Waals surface area contributed by atoms with Crippen molar-refractivity contribution in [3.63, 3.8) is 0 Å². The molecule has 0 aromatic heterocycles. The maximum Gasteiger partial charge on any atom is 1.00 e. The van der Waals surface area contributed by atoms with Gasteiger partial charge < -0.3 is 11.8 Å². The second kappa shape index (κ2) is 8.21. The maximum absolute atomic E-state index is 3.84. The molecule has 0 spiro atoms. The molecule has 1 aliphatic rings. The first kappa shape index (κ1) is 12.6. The minimum atomic E-state index is 0. The van der Waals surface area contributed by atoms with Crippen LogP contribution in [0.2, 0.25) is 0 Å². The summed E-state index contributed by atoms with van der Waals surface area (Å²) >= 11 is 0. The number of hydrogen-bond acceptors (Lipinski definition) is 1. The third-order valence-electron chi connectivity index (χ3n) is 2.17. The number of rotatable bonds is 3. The number of hydrogen-bond donors (Lipinski definition) is 0. The van der Waals surface area contributed by atoms with E-state index in [4.69, 9.17) is 0 Å². The van der Waals surface area contributed by atoms with Crippen molar-refractivity contribution in [3.8, 4) is 0 Å². The normalized spacial score (nSPS) is 19.4. The third kappa shape index (κ3) is 5.78. The van der Waals surface area contributed by atoms with E-state index in [9.17, 15) is 0 Å². The third-order valence-corrected chi connectivity index (χ3v) is 2.17. The molecular formula is C9H18KN. The number of unbranched alkanes of at least 4 members (excludes halogenated alkanes) is 1. The summed E-state index contributed by atoms with van der Waals surface area (Å²) in [5, 5.41) is 0. The van der Waals surface area contributed by atoms with Crippen LogP contribution in [-0.2, 0) is 0 Å². The first-order chi connectivity index (χ1) is 4.93. The fourth-order valence-electron chi connectivity index (χ4n) is 1.52. The Balaban J connectivity index is 0.000001000. The molecule has 2 heteroatoms. The quantitative estimate of drug-likeness (QED) is 0.400. The van der Waals surface area contributed by atoms with Gasteiger partial charge in [0.2, 0.25) is 0 Å². The zero-order valence-corrected chi connectivity index (χ0v) is 10.9. The molecule has 0 aliphatic carbocycles. The molecule has 1 rings (SSSR count). The van der Waals surface area contributed by atoms with Crippen LogP contribution in [0.3, 0.4) is 0 Å². The van der Waals surface area contributed by atoms with Crippen LogP contribution < -0.4 is 51.4 Å². The summed E-state index contributed by atoms with van der Waals surface area (Å²) in [6.07, 6.45) is 6.64. The van der Waals surface area contributed by atoms with E-state index >= 15 is 0 Å². The molecule has 1 saturated heterocycles. The maximum atomic E-state index is 3.84. The van der Waals surface area contributed by atoms with Crippen molar-refractivity contribution in [2.75, 3.05) is 19.6 Å². The summed E-state index contributed by atoms with van der Waals surface area (Å²) in [6.45, 7) is 7.79. The predicted octanol–water partition coefficient (Wildman–Crippen LogP) is -0.909. The minimum Gasteiger partial charge on any atom is -0.343 e. The molecule has 0 aromatic carbocycles. The number of nitrogens with zero attached hydrogens (tertiary/aromatic N) is 1. The molecule has 0 saturated carbocycles. The molecule has 60 valence electrons. The van der Waals surface area contributed by atoms with E-state index in [2.05, 4.69) is 11.8 Å². The van der Waals surface area contributed by atoms with Crippen LogP contribution in [0.1, 0.15) is 32.1 Å². The van der Waals surface area contributed by atoms with Crippen LogP contribution in [0.4, 0.5) is 0 Å². The largest absolute Gasteiger partial charge is 1.00 e. The van der Waals surface area contributed by atoms with Gasteiger partial charge >= 0.3 is 51.4 Å². The Labute approximate surface area is 113 Å². The molecular weight excluding hydrogens is 161 g/mol. The number of piperidine rings is 1. The Morgan fingerprint density at radius 2 is 1.73 bits per heavy atom. The van der Waals surface area contributed by atoms with Gasteiger partial charge in [-0.15, -0.1) is 0 Å². The van der Waals surface area contributed by atoms with Crippen molar-refractivity contribution in [1.29, 1.82) is 0 Å². The molecule has 1 aliphatic heterocycles. The first-order valence-corrected chi connectivity index (χ1v) is 4.45. The van der Waals surface area contributed by atoms with Gasteiger partial charge in [0.1, 0.15) is 0 Å². The fourth-order valence-corrected chi connectivity index (χ4v) is 1.52. The Kier molecular flexibility index (Phi) is 9.40. The molecule has 0 unspecified atom stereocenters. The summed E-state index contributed by atoms with van der Waals surface area (Å²) in [7, 11) is 0. The van der Waals surface area contributed by atoms with Crippen LogP contribution in [0.25, 0.3) is 0 Å². The summed E-state index contributed by atoms with van der Waals surface area (Å²) < 4.78 is 0. The minimum absolute atomic E-state index is 0. The van der Waals surface area contributed by atoms with Crippen molar-refractivity contribution < 1.29 is 51.4 Å². The van der Waals surface area contributed by atoms with Crippen LogP contribution in [0.15, 0.2) is 0 Å². The summed E-state index contributed by atoms with van der Waals surface area (Å²) in [5.41, 5.74) is 0. The van der Waals surface area contributed by atoms with Gasteiger partial charge in [0.05, 0.1) is 0 Å². The van der Waals surface area contributed by atoms with Crippen molar-refractivity contribution in [1.82, 2.24) is 4.90 Å². The van der Waals surface area contributed by atoms with Gasteiger partial charge in [-0.05, 0) is 32.5 Å². The monoisotopic (exact) mass is 179 g/mol. The summed E-state index contributed by atoms with van der Waals surface area (Å²) in [4.78, 5) is 2.56. The zero-order chi connectivity index (χ0) is 7.23. The van der Waals surface area contributed by atoms with Gasteiger partial charge in [0.25, 0.3) is 0 Å². The van der Waals surface area contributed by atoms with Gasteiger partial charge in [0.15, 0.2) is 0 Å². The molecule has 0 atom stereocenters. The summed E-state index contributed by atoms with van der Waals surface area (Å²) in [6, 6.07) is 0. The Bertz CT molecular complexity index is 79.6. The second-order valence-corrected chi connectivity index (χ2v) is 3.11. The Morgan fingerprint density at radius 1 is 1.09 bits per heavy atom. The predicted molar refractivity (Wildman–Crippen MR) is 44.9 cm³/mol.